The van der Waals surface area contributed by atoms with Crippen molar-refractivity contribution in [2.45, 2.75) is 25.9 Å². The quantitative estimate of drug-likeness (QED) is 0.808. The van der Waals surface area contributed by atoms with Gasteiger partial charge in [-0.25, -0.2) is 0 Å². The molecule has 0 bridgehead atoms. The Labute approximate surface area is 118 Å². The molecule has 1 rings (SSSR count). The van der Waals surface area contributed by atoms with Crippen molar-refractivity contribution >= 4 is 15.9 Å². The Kier molecular flexibility index (Phi) is 6.86. The zero-order valence-electron chi connectivity index (χ0n) is 11.2. The Morgan fingerprint density at radius 3 is 2.83 bits per heavy atom. The summed E-state index contributed by atoms with van der Waals surface area (Å²) in [5, 5.41) is 9.69. The van der Waals surface area contributed by atoms with Crippen LogP contribution in [0.4, 0.5) is 0 Å². The number of aliphatic hydroxyl groups is 1. The van der Waals surface area contributed by atoms with Gasteiger partial charge in [0.2, 0.25) is 0 Å². The highest BCUT2D eigenvalue weighted by Crippen LogP contribution is 2.16. The molecule has 1 aromatic carbocycles. The fourth-order valence-electron chi connectivity index (χ4n) is 1.96. The molecule has 102 valence electrons. The number of hydrogen-bond acceptors (Lipinski definition) is 3. The fraction of sp³-hybridized carbons (Fsp3) is 0.571. The number of nitrogens with zero attached hydrogens (tertiary/aromatic N) is 1. The highest BCUT2D eigenvalue weighted by Gasteiger charge is 2.08. The molecular weight excluding hydrogens is 292 g/mol. The van der Waals surface area contributed by atoms with Crippen LogP contribution in [0.15, 0.2) is 22.7 Å². The molecule has 4 heteroatoms. The minimum Gasteiger partial charge on any atom is -0.392 e. The summed E-state index contributed by atoms with van der Waals surface area (Å²) in [6.07, 6.45) is 1.35. The van der Waals surface area contributed by atoms with E-state index in [1.165, 1.54) is 11.1 Å². The maximum atomic E-state index is 9.69. The molecule has 18 heavy (non-hydrogen) atoms. The van der Waals surface area contributed by atoms with E-state index in [-0.39, 0.29) is 6.10 Å². The second kappa shape index (κ2) is 7.89. The van der Waals surface area contributed by atoms with E-state index in [4.69, 9.17) is 5.73 Å². The molecule has 0 aromatic heterocycles. The van der Waals surface area contributed by atoms with E-state index < -0.39 is 0 Å². The minimum atomic E-state index is -0.316. The maximum absolute atomic E-state index is 9.69. The second-order valence-electron chi connectivity index (χ2n) is 4.81. The Hall–Kier alpha value is -0.420. The molecule has 1 aromatic rings. The van der Waals surface area contributed by atoms with Gasteiger partial charge in [0.05, 0.1) is 6.10 Å². The SMILES string of the molecule is Cc1ccc(Br)cc1CCN(C)CC(O)CCN. The lowest BCUT2D eigenvalue weighted by Gasteiger charge is -2.20. The molecule has 0 saturated carbocycles. The van der Waals surface area contributed by atoms with Crippen LogP contribution in [0.1, 0.15) is 17.5 Å². The number of benzene rings is 1. The molecule has 0 radical (unpaired) electrons. The fourth-order valence-corrected chi connectivity index (χ4v) is 2.36. The van der Waals surface area contributed by atoms with Gasteiger partial charge in [-0.05, 0) is 56.6 Å². The van der Waals surface area contributed by atoms with Crippen LogP contribution < -0.4 is 5.73 Å². The number of likely N-dealkylation sites (N-methyl/N-ethyl adjacent to an activating group) is 1. The Balaban J connectivity index is 2.42. The zero-order chi connectivity index (χ0) is 13.5. The molecule has 0 aliphatic heterocycles. The van der Waals surface area contributed by atoms with Gasteiger partial charge < -0.3 is 15.7 Å². The molecule has 0 aliphatic carbocycles. The van der Waals surface area contributed by atoms with Gasteiger partial charge in [0, 0.05) is 17.6 Å². The van der Waals surface area contributed by atoms with Crippen LogP contribution in [0.3, 0.4) is 0 Å². The minimum absolute atomic E-state index is 0.316. The van der Waals surface area contributed by atoms with Crippen LogP contribution in [-0.4, -0.2) is 42.8 Å². The average Bonchev–Trinajstić information content (AvgIpc) is 2.30. The van der Waals surface area contributed by atoms with E-state index in [0.717, 1.165) is 17.4 Å². The van der Waals surface area contributed by atoms with Crippen molar-refractivity contribution in [3.8, 4) is 0 Å². The summed E-state index contributed by atoms with van der Waals surface area (Å²) in [7, 11) is 2.03. The molecule has 0 heterocycles. The predicted molar refractivity (Wildman–Crippen MR) is 79.8 cm³/mol. The van der Waals surface area contributed by atoms with Crippen LogP contribution >= 0.6 is 15.9 Å². The van der Waals surface area contributed by atoms with E-state index in [1.807, 2.05) is 7.05 Å². The number of halogens is 1. The third-order valence-electron chi connectivity index (χ3n) is 3.10. The number of nitrogens with two attached hydrogens (primary N) is 1. The van der Waals surface area contributed by atoms with E-state index in [9.17, 15) is 5.11 Å². The third-order valence-corrected chi connectivity index (χ3v) is 3.59. The van der Waals surface area contributed by atoms with Crippen molar-refractivity contribution in [1.82, 2.24) is 4.90 Å². The summed E-state index contributed by atoms with van der Waals surface area (Å²) in [6, 6.07) is 6.36. The van der Waals surface area contributed by atoms with Gasteiger partial charge in [0.15, 0.2) is 0 Å². The van der Waals surface area contributed by atoms with Gasteiger partial charge in [0.25, 0.3) is 0 Å². The standard InChI is InChI=1S/C14H23BrN2O/c1-11-3-4-13(15)9-12(11)6-8-17(2)10-14(18)5-7-16/h3-4,9,14,18H,5-8,10,16H2,1-2H3. The third kappa shape index (κ3) is 5.48. The van der Waals surface area contributed by atoms with Gasteiger partial charge in [0.1, 0.15) is 0 Å². The largest absolute Gasteiger partial charge is 0.392 e. The van der Waals surface area contributed by atoms with E-state index in [0.29, 0.717) is 19.5 Å². The highest BCUT2D eigenvalue weighted by atomic mass is 79.9. The van der Waals surface area contributed by atoms with Crippen molar-refractivity contribution in [1.29, 1.82) is 0 Å². The first kappa shape index (κ1) is 15.6. The summed E-state index contributed by atoms with van der Waals surface area (Å²) in [4.78, 5) is 2.15. The first-order valence-corrected chi connectivity index (χ1v) is 7.14. The van der Waals surface area contributed by atoms with Crippen LogP contribution in [0.2, 0.25) is 0 Å². The van der Waals surface area contributed by atoms with Crippen LogP contribution in [0.5, 0.6) is 0 Å². The van der Waals surface area contributed by atoms with Crippen LogP contribution in [-0.2, 0) is 6.42 Å². The summed E-state index contributed by atoms with van der Waals surface area (Å²) >= 11 is 3.50. The van der Waals surface area contributed by atoms with E-state index in [1.54, 1.807) is 0 Å². The average molecular weight is 315 g/mol. The lowest BCUT2D eigenvalue weighted by molar-refractivity contribution is 0.120. The lowest BCUT2D eigenvalue weighted by atomic mass is 10.1. The summed E-state index contributed by atoms with van der Waals surface area (Å²) < 4.78 is 1.12. The topological polar surface area (TPSA) is 49.5 Å². The Bertz CT molecular complexity index is 371. The van der Waals surface area contributed by atoms with Crippen molar-refractivity contribution in [3.63, 3.8) is 0 Å². The molecule has 1 atom stereocenters. The molecule has 1 unspecified atom stereocenters. The second-order valence-corrected chi connectivity index (χ2v) is 5.73. The molecule has 0 amide bonds. The molecule has 0 spiro atoms. The zero-order valence-corrected chi connectivity index (χ0v) is 12.8. The summed E-state index contributed by atoms with van der Waals surface area (Å²) in [5.74, 6) is 0. The van der Waals surface area contributed by atoms with Crippen molar-refractivity contribution in [3.05, 3.63) is 33.8 Å². The first-order valence-electron chi connectivity index (χ1n) is 6.34. The molecule has 0 saturated heterocycles. The van der Waals surface area contributed by atoms with Crippen LogP contribution in [0.25, 0.3) is 0 Å². The van der Waals surface area contributed by atoms with Gasteiger partial charge in [-0.2, -0.15) is 0 Å². The number of aliphatic hydroxyl groups excluding tert-OH is 1. The Morgan fingerprint density at radius 1 is 1.44 bits per heavy atom. The molecule has 0 aliphatic rings. The lowest BCUT2D eigenvalue weighted by Crippen LogP contribution is -2.32. The van der Waals surface area contributed by atoms with Crippen molar-refractivity contribution in [2.75, 3.05) is 26.7 Å². The smallest absolute Gasteiger partial charge is 0.0679 e. The molecular formula is C14H23BrN2O. The number of hydrogen-bond donors (Lipinski definition) is 2. The predicted octanol–water partition coefficient (Wildman–Crippen LogP) is 1.94. The summed E-state index contributed by atoms with van der Waals surface area (Å²) in [6.45, 7) is 4.30. The van der Waals surface area contributed by atoms with Crippen LogP contribution in [0, 0.1) is 6.92 Å². The highest BCUT2D eigenvalue weighted by molar-refractivity contribution is 9.10. The Morgan fingerprint density at radius 2 is 2.17 bits per heavy atom. The molecule has 3 N–H and O–H groups in total. The summed E-state index contributed by atoms with van der Waals surface area (Å²) in [5.41, 5.74) is 8.09. The molecule has 3 nitrogen and oxygen atoms in total. The van der Waals surface area contributed by atoms with Crippen molar-refractivity contribution in [2.24, 2.45) is 5.73 Å². The van der Waals surface area contributed by atoms with Gasteiger partial charge in [-0.3, -0.25) is 0 Å². The maximum Gasteiger partial charge on any atom is 0.0679 e. The van der Waals surface area contributed by atoms with E-state index >= 15 is 0 Å². The van der Waals surface area contributed by atoms with Gasteiger partial charge in [-0.15, -0.1) is 0 Å². The monoisotopic (exact) mass is 314 g/mol. The van der Waals surface area contributed by atoms with Gasteiger partial charge >= 0.3 is 0 Å². The van der Waals surface area contributed by atoms with Crippen molar-refractivity contribution < 1.29 is 5.11 Å². The van der Waals surface area contributed by atoms with Gasteiger partial charge in [-0.1, -0.05) is 22.0 Å². The first-order chi connectivity index (χ1) is 8.52. The normalized spacial score (nSPS) is 13.0. The van der Waals surface area contributed by atoms with E-state index in [2.05, 4.69) is 46.0 Å². The number of rotatable bonds is 7. The number of aryl methyl sites for hydroxylation is 1. The molecule has 0 fully saturated rings.